The molecule has 0 saturated carbocycles. The number of hydrogen-bond acceptors (Lipinski definition) is 6. The quantitative estimate of drug-likeness (QED) is 0.800. The number of nitrogens with zero attached hydrogens (tertiary/aromatic N) is 3. The Morgan fingerprint density at radius 3 is 2.29 bits per heavy atom. The molecule has 8 nitrogen and oxygen atoms in total. The van der Waals surface area contributed by atoms with Crippen LogP contribution in [0.15, 0.2) is 16.9 Å². The molecule has 1 aliphatic rings. The zero-order chi connectivity index (χ0) is 18.0. The van der Waals surface area contributed by atoms with Gasteiger partial charge in [0.1, 0.15) is 11.1 Å². The number of alkyl carbamates (subject to hydrolysis) is 1. The van der Waals surface area contributed by atoms with Crippen molar-refractivity contribution < 1.29 is 19.4 Å². The first-order valence-corrected chi connectivity index (χ1v) is 8.38. The van der Waals surface area contributed by atoms with Crippen molar-refractivity contribution >= 4 is 33.9 Å². The highest BCUT2D eigenvalue weighted by molar-refractivity contribution is 9.10. The lowest BCUT2D eigenvalue weighted by molar-refractivity contribution is -0.145. The number of amides is 1. The Labute approximate surface area is 148 Å². The van der Waals surface area contributed by atoms with Crippen LogP contribution < -0.4 is 10.2 Å². The van der Waals surface area contributed by atoms with Gasteiger partial charge in [0, 0.05) is 25.5 Å². The number of hydrogen-bond donors (Lipinski definition) is 2. The van der Waals surface area contributed by atoms with E-state index in [0.717, 1.165) is 4.47 Å². The third-order valence-electron chi connectivity index (χ3n) is 3.66. The second kappa shape index (κ2) is 6.92. The van der Waals surface area contributed by atoms with E-state index >= 15 is 0 Å². The molecule has 24 heavy (non-hydrogen) atoms. The van der Waals surface area contributed by atoms with Gasteiger partial charge < -0.3 is 20.1 Å². The molecule has 0 radical (unpaired) electrons. The van der Waals surface area contributed by atoms with Crippen molar-refractivity contribution in [2.24, 2.45) is 0 Å². The summed E-state index contributed by atoms with van der Waals surface area (Å²) in [4.78, 5) is 34.0. The summed E-state index contributed by atoms with van der Waals surface area (Å²) in [6, 6.07) is 0. The molecule has 2 rings (SSSR count). The Bertz CT molecular complexity index is 607. The van der Waals surface area contributed by atoms with E-state index in [9.17, 15) is 14.7 Å². The van der Waals surface area contributed by atoms with Gasteiger partial charge in [0.25, 0.3) is 0 Å². The van der Waals surface area contributed by atoms with Crippen LogP contribution in [0.5, 0.6) is 0 Å². The molecule has 0 unspecified atom stereocenters. The molecule has 1 fully saturated rings. The third-order valence-corrected chi connectivity index (χ3v) is 4.07. The maximum atomic E-state index is 12.0. The Balaban J connectivity index is 2.04. The topological polar surface area (TPSA) is 105 Å². The number of carbonyl (C=O) groups excluding carboxylic acids is 1. The van der Waals surface area contributed by atoms with Crippen LogP contribution in [0, 0.1) is 0 Å². The number of aromatic nitrogens is 2. The van der Waals surface area contributed by atoms with Crippen LogP contribution >= 0.6 is 15.9 Å². The van der Waals surface area contributed by atoms with Crippen molar-refractivity contribution in [1.82, 2.24) is 15.3 Å². The van der Waals surface area contributed by atoms with Gasteiger partial charge in [-0.1, -0.05) is 0 Å². The Morgan fingerprint density at radius 1 is 1.29 bits per heavy atom. The summed E-state index contributed by atoms with van der Waals surface area (Å²) in [6.45, 7) is 6.03. The predicted molar refractivity (Wildman–Crippen MR) is 90.9 cm³/mol. The van der Waals surface area contributed by atoms with Gasteiger partial charge >= 0.3 is 12.1 Å². The van der Waals surface area contributed by atoms with E-state index in [1.54, 1.807) is 33.2 Å². The Morgan fingerprint density at radius 2 is 1.83 bits per heavy atom. The highest BCUT2D eigenvalue weighted by atomic mass is 79.9. The lowest BCUT2D eigenvalue weighted by atomic mass is 9.87. The average molecular weight is 401 g/mol. The maximum Gasteiger partial charge on any atom is 0.408 e. The summed E-state index contributed by atoms with van der Waals surface area (Å²) in [6.07, 6.45) is 3.03. The van der Waals surface area contributed by atoms with E-state index in [4.69, 9.17) is 4.74 Å². The van der Waals surface area contributed by atoms with Crippen LogP contribution in [0.3, 0.4) is 0 Å². The highest BCUT2D eigenvalue weighted by Gasteiger charge is 2.44. The molecule has 2 heterocycles. The average Bonchev–Trinajstić information content (AvgIpc) is 2.46. The first-order chi connectivity index (χ1) is 11.1. The van der Waals surface area contributed by atoms with Gasteiger partial charge in [-0.3, -0.25) is 0 Å². The van der Waals surface area contributed by atoms with Gasteiger partial charge in [-0.15, -0.1) is 0 Å². The fraction of sp³-hybridized carbons (Fsp3) is 0.600. The van der Waals surface area contributed by atoms with Crippen LogP contribution in [0.2, 0.25) is 0 Å². The van der Waals surface area contributed by atoms with Gasteiger partial charge in [0.2, 0.25) is 5.95 Å². The molecule has 0 atom stereocenters. The number of rotatable bonds is 3. The van der Waals surface area contributed by atoms with Gasteiger partial charge in [0.05, 0.1) is 4.47 Å². The van der Waals surface area contributed by atoms with Crippen molar-refractivity contribution in [2.75, 3.05) is 18.0 Å². The Kier molecular flexibility index (Phi) is 5.32. The number of halogens is 1. The standard InChI is InChI=1S/C15H21BrN4O4/c1-14(2,3)24-13(23)19-15(11(21)22)4-6-20(7-5-15)12-17-8-10(16)9-18-12/h8-9H,4-7H2,1-3H3,(H,19,23)(H,21,22). The molecule has 9 heteroatoms. The van der Waals surface area contributed by atoms with E-state index in [0.29, 0.717) is 19.0 Å². The molecule has 132 valence electrons. The molecule has 1 aromatic rings. The summed E-state index contributed by atoms with van der Waals surface area (Å²) in [5.41, 5.74) is -2.02. The lowest BCUT2D eigenvalue weighted by Gasteiger charge is -2.39. The second-order valence-electron chi connectivity index (χ2n) is 6.70. The fourth-order valence-corrected chi connectivity index (χ4v) is 2.65. The minimum absolute atomic E-state index is 0.237. The first kappa shape index (κ1) is 18.4. The molecule has 1 saturated heterocycles. The van der Waals surface area contributed by atoms with E-state index in [2.05, 4.69) is 31.2 Å². The summed E-state index contributed by atoms with van der Waals surface area (Å²) >= 11 is 3.27. The van der Waals surface area contributed by atoms with E-state index in [1.807, 2.05) is 4.90 Å². The largest absolute Gasteiger partial charge is 0.480 e. The number of carboxylic acid groups (broad SMARTS) is 1. The van der Waals surface area contributed by atoms with Crippen LogP contribution in [-0.4, -0.2) is 51.4 Å². The number of carboxylic acids is 1. The predicted octanol–water partition coefficient (Wildman–Crippen LogP) is 2.19. The van der Waals surface area contributed by atoms with Gasteiger partial charge in [-0.2, -0.15) is 0 Å². The molecule has 0 bridgehead atoms. The van der Waals surface area contributed by atoms with Crippen molar-refractivity contribution in [3.8, 4) is 0 Å². The molecule has 1 amide bonds. The summed E-state index contributed by atoms with van der Waals surface area (Å²) < 4.78 is 5.96. The SMILES string of the molecule is CC(C)(C)OC(=O)NC1(C(=O)O)CCN(c2ncc(Br)cn2)CC1. The van der Waals surface area contributed by atoms with Crippen LogP contribution in [-0.2, 0) is 9.53 Å². The second-order valence-corrected chi connectivity index (χ2v) is 7.62. The van der Waals surface area contributed by atoms with Gasteiger partial charge in [-0.25, -0.2) is 19.6 Å². The number of piperidine rings is 1. The third kappa shape index (κ3) is 4.56. The fourth-order valence-electron chi connectivity index (χ4n) is 2.45. The number of aliphatic carboxylic acids is 1. The smallest absolute Gasteiger partial charge is 0.408 e. The van der Waals surface area contributed by atoms with Crippen molar-refractivity contribution in [3.05, 3.63) is 16.9 Å². The molecule has 2 N–H and O–H groups in total. The number of carbonyl (C=O) groups is 2. The van der Waals surface area contributed by atoms with Crippen molar-refractivity contribution in [2.45, 2.75) is 44.8 Å². The van der Waals surface area contributed by atoms with Crippen LogP contribution in [0.4, 0.5) is 10.7 Å². The summed E-state index contributed by atoms with van der Waals surface area (Å²) in [5, 5.41) is 12.1. The monoisotopic (exact) mass is 400 g/mol. The minimum Gasteiger partial charge on any atom is -0.480 e. The van der Waals surface area contributed by atoms with E-state index < -0.39 is 23.2 Å². The highest BCUT2D eigenvalue weighted by Crippen LogP contribution is 2.26. The van der Waals surface area contributed by atoms with Gasteiger partial charge in [0.15, 0.2) is 0 Å². The normalized spacial score (nSPS) is 17.2. The van der Waals surface area contributed by atoms with Crippen molar-refractivity contribution in [3.63, 3.8) is 0 Å². The van der Waals surface area contributed by atoms with Gasteiger partial charge in [-0.05, 0) is 49.5 Å². The van der Waals surface area contributed by atoms with Crippen LogP contribution in [0.1, 0.15) is 33.6 Å². The van der Waals surface area contributed by atoms with Crippen molar-refractivity contribution in [1.29, 1.82) is 0 Å². The molecule has 1 aliphatic heterocycles. The molecule has 0 aliphatic carbocycles. The molecule has 0 aromatic carbocycles. The van der Waals surface area contributed by atoms with Crippen LogP contribution in [0.25, 0.3) is 0 Å². The number of nitrogens with one attached hydrogen (secondary N) is 1. The molecule has 0 spiro atoms. The minimum atomic E-state index is -1.34. The molecular weight excluding hydrogens is 380 g/mol. The zero-order valence-corrected chi connectivity index (χ0v) is 15.5. The number of ether oxygens (including phenoxy) is 1. The van der Waals surface area contributed by atoms with E-state index in [1.165, 1.54) is 0 Å². The first-order valence-electron chi connectivity index (χ1n) is 7.58. The molecular formula is C15H21BrN4O4. The lowest BCUT2D eigenvalue weighted by Crippen LogP contribution is -2.60. The molecule has 1 aromatic heterocycles. The summed E-state index contributed by atoms with van der Waals surface area (Å²) in [7, 11) is 0. The van der Waals surface area contributed by atoms with E-state index in [-0.39, 0.29) is 12.8 Å². The zero-order valence-electron chi connectivity index (χ0n) is 13.9. The maximum absolute atomic E-state index is 12.0. The Hall–Kier alpha value is -1.90. The summed E-state index contributed by atoms with van der Waals surface area (Å²) in [5.74, 6) is -0.529. The number of anilines is 1.